The van der Waals surface area contributed by atoms with Gasteiger partial charge >= 0.3 is 0 Å². The number of phenols is 1. The molecule has 2 N–H and O–H groups in total. The first-order valence-electron chi connectivity index (χ1n) is 6.55. The average Bonchev–Trinajstić information content (AvgIpc) is 2.62. The van der Waals surface area contributed by atoms with Gasteiger partial charge in [-0.3, -0.25) is 4.90 Å². The maximum Gasteiger partial charge on any atom is 0.123 e. The lowest BCUT2D eigenvalue weighted by molar-refractivity contribution is 0.214. The van der Waals surface area contributed by atoms with Crippen LogP contribution in [0.2, 0.25) is 0 Å². The summed E-state index contributed by atoms with van der Waals surface area (Å²) in [6.45, 7) is 2.70. The van der Waals surface area contributed by atoms with E-state index >= 15 is 0 Å². The Labute approximate surface area is 108 Å². The van der Waals surface area contributed by atoms with Crippen LogP contribution in [0.4, 0.5) is 4.39 Å². The van der Waals surface area contributed by atoms with E-state index in [1.54, 1.807) is 0 Å². The van der Waals surface area contributed by atoms with Crippen LogP contribution in [0, 0.1) is 5.82 Å². The van der Waals surface area contributed by atoms with Crippen molar-refractivity contribution >= 4 is 0 Å². The number of nitrogens with one attached hydrogen (secondary N) is 1. The van der Waals surface area contributed by atoms with Crippen LogP contribution in [0.5, 0.6) is 5.75 Å². The highest BCUT2D eigenvalue weighted by molar-refractivity contribution is 5.32. The van der Waals surface area contributed by atoms with E-state index in [4.69, 9.17) is 0 Å². The lowest BCUT2D eigenvalue weighted by Crippen LogP contribution is -2.32. The van der Waals surface area contributed by atoms with Crippen molar-refractivity contribution in [1.29, 1.82) is 0 Å². The van der Waals surface area contributed by atoms with Crippen LogP contribution in [0.15, 0.2) is 18.2 Å². The molecule has 18 heavy (non-hydrogen) atoms. The number of aromatic hydroxyl groups is 1. The first kappa shape index (κ1) is 13.3. The molecule has 1 unspecified atom stereocenters. The zero-order valence-electron chi connectivity index (χ0n) is 10.8. The maximum absolute atomic E-state index is 13.2. The van der Waals surface area contributed by atoms with E-state index < -0.39 is 0 Å². The molecule has 1 aliphatic rings. The summed E-state index contributed by atoms with van der Waals surface area (Å²) in [5.41, 5.74) is 0.662. The average molecular weight is 252 g/mol. The minimum atomic E-state index is -0.293. The predicted octanol–water partition coefficient (Wildman–Crippen LogP) is 2.11. The number of benzene rings is 1. The first-order valence-corrected chi connectivity index (χ1v) is 6.55. The Balaban J connectivity index is 2.00. The predicted molar refractivity (Wildman–Crippen MR) is 70.0 cm³/mol. The third-order valence-electron chi connectivity index (χ3n) is 3.63. The fraction of sp³-hybridized carbons (Fsp3) is 0.571. The highest BCUT2D eigenvalue weighted by Gasteiger charge is 2.17. The second-order valence-corrected chi connectivity index (χ2v) is 5.02. The quantitative estimate of drug-likeness (QED) is 0.865. The minimum absolute atomic E-state index is 0.176. The van der Waals surface area contributed by atoms with E-state index in [0.717, 1.165) is 25.9 Å². The molecule has 0 saturated carbocycles. The SMILES string of the molecule is CN(Cc1cc(F)ccc1O)C1CCCNCC1. The molecule has 3 nitrogen and oxygen atoms in total. The molecule has 100 valence electrons. The largest absolute Gasteiger partial charge is 0.508 e. The molecule has 0 radical (unpaired) electrons. The van der Waals surface area contributed by atoms with Crippen LogP contribution in [-0.2, 0) is 6.54 Å². The van der Waals surface area contributed by atoms with Crippen molar-refractivity contribution in [1.82, 2.24) is 10.2 Å². The molecule has 0 spiro atoms. The summed E-state index contributed by atoms with van der Waals surface area (Å²) in [4.78, 5) is 2.21. The van der Waals surface area contributed by atoms with Gasteiger partial charge in [-0.1, -0.05) is 0 Å². The zero-order valence-corrected chi connectivity index (χ0v) is 10.8. The van der Waals surface area contributed by atoms with Crippen molar-refractivity contribution in [3.8, 4) is 5.75 Å². The summed E-state index contributed by atoms with van der Waals surface area (Å²) >= 11 is 0. The maximum atomic E-state index is 13.2. The Bertz CT molecular complexity index is 389. The van der Waals surface area contributed by atoms with Gasteiger partial charge in [-0.05, 0) is 57.6 Å². The number of hydrogen-bond acceptors (Lipinski definition) is 3. The minimum Gasteiger partial charge on any atom is -0.508 e. The van der Waals surface area contributed by atoms with E-state index in [2.05, 4.69) is 10.2 Å². The molecule has 1 atom stereocenters. The molecular formula is C14H21FN2O. The van der Waals surface area contributed by atoms with Gasteiger partial charge in [0, 0.05) is 18.2 Å². The van der Waals surface area contributed by atoms with Crippen molar-refractivity contribution in [2.75, 3.05) is 20.1 Å². The summed E-state index contributed by atoms with van der Waals surface area (Å²) in [6, 6.07) is 4.63. The number of halogens is 1. The lowest BCUT2D eigenvalue weighted by Gasteiger charge is -2.27. The smallest absolute Gasteiger partial charge is 0.123 e. The summed E-state index contributed by atoms with van der Waals surface area (Å²) in [7, 11) is 2.04. The van der Waals surface area contributed by atoms with E-state index in [1.165, 1.54) is 24.6 Å². The Hall–Kier alpha value is -1.13. The van der Waals surface area contributed by atoms with E-state index in [-0.39, 0.29) is 11.6 Å². The van der Waals surface area contributed by atoms with Crippen molar-refractivity contribution < 1.29 is 9.50 Å². The van der Waals surface area contributed by atoms with Crippen LogP contribution >= 0.6 is 0 Å². The van der Waals surface area contributed by atoms with Crippen molar-refractivity contribution in [3.05, 3.63) is 29.6 Å². The summed E-state index contributed by atoms with van der Waals surface area (Å²) in [5, 5.41) is 13.1. The second kappa shape index (κ2) is 6.16. The Morgan fingerprint density at radius 2 is 2.22 bits per heavy atom. The Morgan fingerprint density at radius 1 is 1.39 bits per heavy atom. The van der Waals surface area contributed by atoms with Gasteiger partial charge in [0.25, 0.3) is 0 Å². The summed E-state index contributed by atoms with van der Waals surface area (Å²) in [5.74, 6) is -0.117. The van der Waals surface area contributed by atoms with Crippen molar-refractivity contribution in [2.45, 2.75) is 31.8 Å². The van der Waals surface area contributed by atoms with Gasteiger partial charge in [0.1, 0.15) is 11.6 Å². The molecule has 0 aliphatic carbocycles. The van der Waals surface area contributed by atoms with Crippen molar-refractivity contribution in [2.24, 2.45) is 0 Å². The van der Waals surface area contributed by atoms with Gasteiger partial charge in [-0.2, -0.15) is 0 Å². The molecule has 1 heterocycles. The fourth-order valence-corrected chi connectivity index (χ4v) is 2.52. The normalized spacial score (nSPS) is 20.9. The van der Waals surface area contributed by atoms with Gasteiger partial charge in [-0.15, -0.1) is 0 Å². The topological polar surface area (TPSA) is 35.5 Å². The van der Waals surface area contributed by atoms with Gasteiger partial charge in [-0.25, -0.2) is 4.39 Å². The summed E-state index contributed by atoms with van der Waals surface area (Å²) < 4.78 is 13.2. The number of hydrogen-bond donors (Lipinski definition) is 2. The van der Waals surface area contributed by atoms with Gasteiger partial charge in [0.05, 0.1) is 0 Å². The van der Waals surface area contributed by atoms with Gasteiger partial charge in [0.15, 0.2) is 0 Å². The van der Waals surface area contributed by atoms with Crippen LogP contribution < -0.4 is 5.32 Å². The fourth-order valence-electron chi connectivity index (χ4n) is 2.52. The van der Waals surface area contributed by atoms with Crippen molar-refractivity contribution in [3.63, 3.8) is 0 Å². The molecule has 4 heteroatoms. The zero-order chi connectivity index (χ0) is 13.0. The molecular weight excluding hydrogens is 231 g/mol. The molecule has 1 aromatic carbocycles. The first-order chi connectivity index (χ1) is 8.66. The van der Waals surface area contributed by atoms with Crippen LogP contribution in [-0.4, -0.2) is 36.2 Å². The molecule has 1 saturated heterocycles. The monoisotopic (exact) mass is 252 g/mol. The van der Waals surface area contributed by atoms with E-state index in [1.807, 2.05) is 7.05 Å². The molecule has 0 aromatic heterocycles. The highest BCUT2D eigenvalue weighted by Crippen LogP contribution is 2.22. The standard InChI is InChI=1S/C14H21FN2O/c1-17(13-3-2-7-16-8-6-13)10-11-9-12(15)4-5-14(11)18/h4-5,9,13,16,18H,2-3,6-8,10H2,1H3. The molecule has 1 aromatic rings. The molecule has 0 amide bonds. The van der Waals surface area contributed by atoms with Gasteiger partial charge < -0.3 is 10.4 Å². The lowest BCUT2D eigenvalue weighted by atomic mass is 10.1. The highest BCUT2D eigenvalue weighted by atomic mass is 19.1. The molecule has 1 fully saturated rings. The number of phenolic OH excluding ortho intramolecular Hbond substituents is 1. The molecule has 1 aliphatic heterocycles. The third-order valence-corrected chi connectivity index (χ3v) is 3.63. The Kier molecular flexibility index (Phi) is 4.55. The van der Waals surface area contributed by atoms with E-state index in [9.17, 15) is 9.50 Å². The third kappa shape index (κ3) is 3.43. The van der Waals surface area contributed by atoms with Crippen LogP contribution in [0.25, 0.3) is 0 Å². The molecule has 0 bridgehead atoms. The molecule has 2 rings (SSSR count). The van der Waals surface area contributed by atoms with Crippen LogP contribution in [0.1, 0.15) is 24.8 Å². The van der Waals surface area contributed by atoms with E-state index in [0.29, 0.717) is 18.2 Å². The summed E-state index contributed by atoms with van der Waals surface area (Å²) in [6.07, 6.45) is 3.43. The second-order valence-electron chi connectivity index (χ2n) is 5.02. The number of nitrogens with zero attached hydrogens (tertiary/aromatic N) is 1. The number of rotatable bonds is 3. The van der Waals surface area contributed by atoms with Crippen LogP contribution in [0.3, 0.4) is 0 Å². The Morgan fingerprint density at radius 3 is 3.06 bits per heavy atom. The van der Waals surface area contributed by atoms with Gasteiger partial charge in [0.2, 0.25) is 0 Å².